The van der Waals surface area contributed by atoms with Crippen molar-refractivity contribution in [3.8, 4) is 5.75 Å². The molecule has 110 valence electrons. The molecule has 1 aromatic carbocycles. The average molecular weight is 327 g/mol. The molecule has 8 heteroatoms. The number of carbonyl (C=O) groups excluding carboxylic acids is 1. The van der Waals surface area contributed by atoms with Gasteiger partial charge in [-0.25, -0.2) is 8.42 Å². The second-order valence-electron chi connectivity index (χ2n) is 3.97. The van der Waals surface area contributed by atoms with Crippen molar-refractivity contribution in [3.05, 3.63) is 48.3 Å². The van der Waals surface area contributed by atoms with Crippen LogP contribution in [0.1, 0.15) is 10.5 Å². The summed E-state index contributed by atoms with van der Waals surface area (Å²) in [6.45, 7) is 0. The van der Waals surface area contributed by atoms with Gasteiger partial charge in [0.1, 0.15) is 11.4 Å². The smallest absolute Gasteiger partial charge is 0.274 e. The van der Waals surface area contributed by atoms with Crippen molar-refractivity contribution in [2.75, 3.05) is 12.4 Å². The summed E-state index contributed by atoms with van der Waals surface area (Å²) >= 11 is 0. The Labute approximate surface area is 126 Å². The number of pyridine rings is 1. The maximum atomic E-state index is 12.0. The molecule has 0 unspecified atom stereocenters. The van der Waals surface area contributed by atoms with Crippen LogP contribution in [-0.2, 0) is 9.05 Å². The summed E-state index contributed by atoms with van der Waals surface area (Å²) in [4.78, 5) is 15.8. The van der Waals surface area contributed by atoms with Gasteiger partial charge in [0.25, 0.3) is 15.0 Å². The number of rotatable bonds is 4. The number of halogens is 1. The van der Waals surface area contributed by atoms with Crippen LogP contribution < -0.4 is 10.1 Å². The molecule has 0 saturated heterocycles. The number of amides is 1. The second-order valence-corrected chi connectivity index (χ2v) is 6.53. The van der Waals surface area contributed by atoms with Gasteiger partial charge < -0.3 is 10.1 Å². The molecule has 6 nitrogen and oxygen atoms in total. The summed E-state index contributed by atoms with van der Waals surface area (Å²) in [5.41, 5.74) is 0.383. The zero-order valence-corrected chi connectivity index (χ0v) is 12.5. The molecule has 1 amide bonds. The first-order chi connectivity index (χ1) is 9.91. The van der Waals surface area contributed by atoms with Crippen molar-refractivity contribution in [3.63, 3.8) is 0 Å². The van der Waals surface area contributed by atoms with Crippen LogP contribution in [-0.4, -0.2) is 26.4 Å². The lowest BCUT2D eigenvalue weighted by molar-refractivity contribution is 0.102. The van der Waals surface area contributed by atoms with Gasteiger partial charge in [-0.1, -0.05) is 6.07 Å². The van der Waals surface area contributed by atoms with E-state index in [1.54, 1.807) is 12.1 Å². The monoisotopic (exact) mass is 326 g/mol. The number of methoxy groups -OCH3 is 1. The first kappa shape index (κ1) is 15.3. The largest absolute Gasteiger partial charge is 0.495 e. The molecule has 0 radical (unpaired) electrons. The Kier molecular flexibility index (Phi) is 4.44. The van der Waals surface area contributed by atoms with E-state index >= 15 is 0 Å². The highest BCUT2D eigenvalue weighted by Crippen LogP contribution is 2.29. The van der Waals surface area contributed by atoms with E-state index in [0.717, 1.165) is 0 Å². The lowest BCUT2D eigenvalue weighted by atomic mass is 10.2. The SMILES string of the molecule is COc1ccc(S(=O)(=O)Cl)cc1NC(=O)c1ccccn1. The van der Waals surface area contributed by atoms with E-state index < -0.39 is 15.0 Å². The molecule has 0 aliphatic rings. The van der Waals surface area contributed by atoms with Gasteiger partial charge in [-0.3, -0.25) is 9.78 Å². The number of benzene rings is 1. The van der Waals surface area contributed by atoms with E-state index in [1.165, 1.54) is 37.6 Å². The van der Waals surface area contributed by atoms with E-state index in [1.807, 2.05) is 0 Å². The fourth-order valence-electron chi connectivity index (χ4n) is 1.62. The fourth-order valence-corrected chi connectivity index (χ4v) is 2.40. The molecule has 0 saturated carbocycles. The number of nitrogens with one attached hydrogen (secondary N) is 1. The summed E-state index contributed by atoms with van der Waals surface area (Å²) in [7, 11) is 2.79. The second kappa shape index (κ2) is 6.11. The van der Waals surface area contributed by atoms with Crippen molar-refractivity contribution in [1.82, 2.24) is 4.98 Å². The summed E-state index contributed by atoms with van der Waals surface area (Å²) in [5.74, 6) is -0.179. The van der Waals surface area contributed by atoms with E-state index in [-0.39, 0.29) is 16.3 Å². The number of ether oxygens (including phenoxy) is 1. The van der Waals surface area contributed by atoms with Gasteiger partial charge >= 0.3 is 0 Å². The number of anilines is 1. The predicted molar refractivity (Wildman–Crippen MR) is 78.2 cm³/mol. The van der Waals surface area contributed by atoms with Crippen LogP contribution in [0.15, 0.2) is 47.5 Å². The molecule has 1 aromatic heterocycles. The highest BCUT2D eigenvalue weighted by atomic mass is 35.7. The van der Waals surface area contributed by atoms with Crippen LogP contribution in [0.2, 0.25) is 0 Å². The minimum atomic E-state index is -3.90. The van der Waals surface area contributed by atoms with Gasteiger partial charge in [-0.2, -0.15) is 0 Å². The Bertz CT molecular complexity index is 763. The third kappa shape index (κ3) is 3.71. The molecule has 2 aromatic rings. The van der Waals surface area contributed by atoms with E-state index in [2.05, 4.69) is 10.3 Å². The lowest BCUT2D eigenvalue weighted by Crippen LogP contribution is -2.14. The van der Waals surface area contributed by atoms with Gasteiger partial charge in [0.05, 0.1) is 17.7 Å². The van der Waals surface area contributed by atoms with Gasteiger partial charge in [-0.05, 0) is 30.3 Å². The minimum Gasteiger partial charge on any atom is -0.495 e. The lowest BCUT2D eigenvalue weighted by Gasteiger charge is -2.10. The van der Waals surface area contributed by atoms with Crippen LogP contribution in [0.4, 0.5) is 5.69 Å². The van der Waals surface area contributed by atoms with E-state index in [0.29, 0.717) is 5.75 Å². The first-order valence-electron chi connectivity index (χ1n) is 5.77. The van der Waals surface area contributed by atoms with E-state index in [4.69, 9.17) is 15.4 Å². The molecule has 2 rings (SSSR count). The van der Waals surface area contributed by atoms with Crippen molar-refractivity contribution < 1.29 is 17.9 Å². The third-order valence-corrected chi connectivity index (χ3v) is 3.95. The van der Waals surface area contributed by atoms with Gasteiger partial charge in [0.15, 0.2) is 0 Å². The van der Waals surface area contributed by atoms with Crippen LogP contribution in [0.5, 0.6) is 5.75 Å². The molecular formula is C13H11ClN2O4S. The highest BCUT2D eigenvalue weighted by Gasteiger charge is 2.16. The van der Waals surface area contributed by atoms with Crippen LogP contribution >= 0.6 is 10.7 Å². The standard InChI is InChI=1S/C13H11ClN2O4S/c1-20-12-6-5-9(21(14,18)19)8-11(12)16-13(17)10-4-2-3-7-15-10/h2-8H,1H3,(H,16,17). The molecule has 0 fully saturated rings. The maximum Gasteiger partial charge on any atom is 0.274 e. The number of hydrogen-bond donors (Lipinski definition) is 1. The first-order valence-corrected chi connectivity index (χ1v) is 8.08. The number of hydrogen-bond acceptors (Lipinski definition) is 5. The van der Waals surface area contributed by atoms with Gasteiger partial charge in [0, 0.05) is 16.9 Å². The summed E-state index contributed by atoms with van der Waals surface area (Å²) in [6, 6.07) is 8.80. The third-order valence-electron chi connectivity index (χ3n) is 2.60. The Balaban J connectivity index is 2.36. The fraction of sp³-hybridized carbons (Fsp3) is 0.0769. The van der Waals surface area contributed by atoms with Crippen LogP contribution in [0, 0.1) is 0 Å². The Morgan fingerprint density at radius 2 is 2.05 bits per heavy atom. The number of nitrogens with zero attached hydrogens (tertiary/aromatic N) is 1. The number of carbonyl (C=O) groups is 1. The normalized spacial score (nSPS) is 11.0. The predicted octanol–water partition coefficient (Wildman–Crippen LogP) is 2.27. The molecule has 1 N–H and O–H groups in total. The summed E-state index contributed by atoms with van der Waals surface area (Å²) in [5, 5.41) is 2.54. The molecular weight excluding hydrogens is 316 g/mol. The van der Waals surface area contributed by atoms with Crippen molar-refractivity contribution >= 4 is 31.3 Å². The topological polar surface area (TPSA) is 85.4 Å². The van der Waals surface area contributed by atoms with Crippen molar-refractivity contribution in [2.45, 2.75) is 4.90 Å². The number of aromatic nitrogens is 1. The molecule has 0 atom stereocenters. The molecule has 1 heterocycles. The quantitative estimate of drug-likeness (QED) is 0.871. The Hall–Kier alpha value is -2.12. The molecule has 0 aliphatic heterocycles. The average Bonchev–Trinajstić information content (AvgIpc) is 2.47. The minimum absolute atomic E-state index is 0.138. The zero-order chi connectivity index (χ0) is 15.5. The van der Waals surface area contributed by atoms with Gasteiger partial charge in [-0.15, -0.1) is 0 Å². The van der Waals surface area contributed by atoms with Gasteiger partial charge in [0.2, 0.25) is 0 Å². The molecule has 0 spiro atoms. The Morgan fingerprint density at radius 3 is 2.62 bits per heavy atom. The molecule has 0 aliphatic carbocycles. The Morgan fingerprint density at radius 1 is 1.29 bits per heavy atom. The van der Waals surface area contributed by atoms with Crippen LogP contribution in [0.25, 0.3) is 0 Å². The zero-order valence-electron chi connectivity index (χ0n) is 10.9. The molecule has 21 heavy (non-hydrogen) atoms. The van der Waals surface area contributed by atoms with Crippen LogP contribution in [0.3, 0.4) is 0 Å². The summed E-state index contributed by atoms with van der Waals surface area (Å²) < 4.78 is 27.8. The molecule has 0 bridgehead atoms. The maximum absolute atomic E-state index is 12.0. The summed E-state index contributed by atoms with van der Waals surface area (Å²) in [6.07, 6.45) is 1.48. The van der Waals surface area contributed by atoms with Crippen molar-refractivity contribution in [2.24, 2.45) is 0 Å². The van der Waals surface area contributed by atoms with Crippen molar-refractivity contribution in [1.29, 1.82) is 0 Å². The highest BCUT2D eigenvalue weighted by molar-refractivity contribution is 8.13. The van der Waals surface area contributed by atoms with E-state index in [9.17, 15) is 13.2 Å².